The average molecular weight is 305 g/mol. The summed E-state index contributed by atoms with van der Waals surface area (Å²) in [6.45, 7) is 1.76. The smallest absolute Gasteiger partial charge is 0.147 e. The third kappa shape index (κ3) is 5.14. The highest BCUT2D eigenvalue weighted by atomic mass is 32.2. The van der Waals surface area contributed by atoms with Crippen LogP contribution in [0.5, 0.6) is 0 Å². The zero-order valence-electron chi connectivity index (χ0n) is 12.7. The summed E-state index contributed by atoms with van der Waals surface area (Å²) >= 11 is 0. The quantitative estimate of drug-likeness (QED) is 0.789. The summed E-state index contributed by atoms with van der Waals surface area (Å²) in [7, 11) is -0.793. The summed E-state index contributed by atoms with van der Waals surface area (Å²) in [5.41, 5.74) is 1.35. The Morgan fingerprint density at radius 1 is 1.00 bits per heavy atom. The number of hydrogen-bond donors (Lipinski definition) is 0. The molecule has 21 heavy (non-hydrogen) atoms. The SMILES string of the molecule is CN(CCCS(C)(=O)=O)CCc1cccc2ccccc12. The van der Waals surface area contributed by atoms with Crippen LogP contribution in [0.25, 0.3) is 10.8 Å². The molecule has 2 aromatic rings. The van der Waals surface area contributed by atoms with Crippen molar-refractivity contribution in [2.24, 2.45) is 0 Å². The van der Waals surface area contributed by atoms with Crippen LogP contribution in [0.1, 0.15) is 12.0 Å². The molecule has 0 aliphatic carbocycles. The van der Waals surface area contributed by atoms with E-state index in [1.807, 2.05) is 7.05 Å². The highest BCUT2D eigenvalue weighted by Gasteiger charge is 2.05. The van der Waals surface area contributed by atoms with Crippen molar-refractivity contribution in [3.63, 3.8) is 0 Å². The normalized spacial score (nSPS) is 12.1. The zero-order chi connectivity index (χ0) is 15.3. The largest absolute Gasteiger partial charge is 0.306 e. The van der Waals surface area contributed by atoms with E-state index in [0.29, 0.717) is 6.42 Å². The minimum atomic E-state index is -2.84. The highest BCUT2D eigenvalue weighted by molar-refractivity contribution is 7.90. The molecule has 0 bridgehead atoms. The molecule has 0 saturated carbocycles. The molecule has 0 amide bonds. The van der Waals surface area contributed by atoms with Crippen molar-refractivity contribution in [2.45, 2.75) is 12.8 Å². The van der Waals surface area contributed by atoms with Gasteiger partial charge in [-0.15, -0.1) is 0 Å². The third-order valence-electron chi connectivity index (χ3n) is 3.70. The number of fused-ring (bicyclic) bond motifs is 1. The number of hydrogen-bond acceptors (Lipinski definition) is 3. The van der Waals surface area contributed by atoms with Crippen molar-refractivity contribution in [2.75, 3.05) is 32.1 Å². The van der Waals surface area contributed by atoms with Gasteiger partial charge >= 0.3 is 0 Å². The maximum absolute atomic E-state index is 11.1. The Kier molecular flexibility index (Phi) is 5.37. The molecule has 0 spiro atoms. The molecule has 0 aliphatic rings. The molecule has 0 aromatic heterocycles. The van der Waals surface area contributed by atoms with Gasteiger partial charge < -0.3 is 4.90 Å². The standard InChI is InChI=1S/C17H23NO2S/c1-18(12-6-14-21(2,19)20)13-11-16-9-5-8-15-7-3-4-10-17(15)16/h3-5,7-10H,6,11-14H2,1-2H3. The Bertz CT molecular complexity index is 690. The maximum atomic E-state index is 11.1. The van der Waals surface area contributed by atoms with Crippen LogP contribution in [-0.2, 0) is 16.3 Å². The number of rotatable bonds is 7. The molecule has 2 rings (SSSR count). The van der Waals surface area contributed by atoms with Gasteiger partial charge in [0, 0.05) is 12.8 Å². The Morgan fingerprint density at radius 3 is 2.48 bits per heavy atom. The van der Waals surface area contributed by atoms with Crippen molar-refractivity contribution in [3.05, 3.63) is 48.0 Å². The second-order valence-corrected chi connectivity index (χ2v) is 7.93. The molecule has 0 fully saturated rings. The molecular weight excluding hydrogens is 282 g/mol. The van der Waals surface area contributed by atoms with Crippen molar-refractivity contribution in [1.29, 1.82) is 0 Å². The van der Waals surface area contributed by atoms with E-state index in [-0.39, 0.29) is 5.75 Å². The summed E-state index contributed by atoms with van der Waals surface area (Å²) in [6, 6.07) is 14.8. The van der Waals surface area contributed by atoms with Gasteiger partial charge in [0.2, 0.25) is 0 Å². The van der Waals surface area contributed by atoms with Gasteiger partial charge in [0.1, 0.15) is 9.84 Å². The van der Waals surface area contributed by atoms with Crippen LogP contribution in [0.3, 0.4) is 0 Å². The van der Waals surface area contributed by atoms with Gasteiger partial charge in [-0.2, -0.15) is 0 Å². The third-order valence-corrected chi connectivity index (χ3v) is 4.73. The van der Waals surface area contributed by atoms with Crippen molar-refractivity contribution < 1.29 is 8.42 Å². The first-order valence-corrected chi connectivity index (χ1v) is 9.35. The van der Waals surface area contributed by atoms with E-state index in [0.717, 1.165) is 19.5 Å². The zero-order valence-corrected chi connectivity index (χ0v) is 13.6. The highest BCUT2D eigenvalue weighted by Crippen LogP contribution is 2.18. The number of likely N-dealkylation sites (N-methyl/N-ethyl adjacent to an activating group) is 1. The summed E-state index contributed by atoms with van der Waals surface area (Å²) in [5.74, 6) is 0.269. The maximum Gasteiger partial charge on any atom is 0.147 e. The first kappa shape index (κ1) is 16.0. The van der Waals surface area contributed by atoms with E-state index in [9.17, 15) is 8.42 Å². The van der Waals surface area contributed by atoms with Crippen LogP contribution in [0.2, 0.25) is 0 Å². The van der Waals surface area contributed by atoms with E-state index < -0.39 is 9.84 Å². The summed E-state index contributed by atoms with van der Waals surface area (Å²) in [4.78, 5) is 2.20. The Hall–Kier alpha value is -1.39. The van der Waals surface area contributed by atoms with Crippen molar-refractivity contribution in [3.8, 4) is 0 Å². The second-order valence-electron chi connectivity index (χ2n) is 5.67. The van der Waals surface area contributed by atoms with Crippen molar-refractivity contribution in [1.82, 2.24) is 4.90 Å². The van der Waals surface area contributed by atoms with Crippen LogP contribution in [0.15, 0.2) is 42.5 Å². The lowest BCUT2D eigenvalue weighted by atomic mass is 10.0. The van der Waals surface area contributed by atoms with Gasteiger partial charge in [0.25, 0.3) is 0 Å². The van der Waals surface area contributed by atoms with Gasteiger partial charge in [-0.05, 0) is 42.8 Å². The topological polar surface area (TPSA) is 37.4 Å². The van der Waals surface area contributed by atoms with Gasteiger partial charge in [0.15, 0.2) is 0 Å². The number of sulfone groups is 1. The predicted octanol–water partition coefficient (Wildman–Crippen LogP) is 2.75. The molecule has 4 heteroatoms. The van der Waals surface area contributed by atoms with Crippen LogP contribution < -0.4 is 0 Å². The lowest BCUT2D eigenvalue weighted by molar-refractivity contribution is 0.340. The molecule has 114 valence electrons. The fraction of sp³-hybridized carbons (Fsp3) is 0.412. The van der Waals surface area contributed by atoms with Gasteiger partial charge in [-0.1, -0.05) is 42.5 Å². The Balaban J connectivity index is 1.90. The molecule has 2 aromatic carbocycles. The molecule has 0 atom stereocenters. The van der Waals surface area contributed by atoms with Gasteiger partial charge in [-0.25, -0.2) is 8.42 Å². The molecule has 0 aliphatic heterocycles. The average Bonchev–Trinajstić information content (AvgIpc) is 2.43. The first-order chi connectivity index (χ1) is 9.96. The molecule has 0 unspecified atom stereocenters. The summed E-state index contributed by atoms with van der Waals surface area (Å²) < 4.78 is 22.2. The predicted molar refractivity (Wildman–Crippen MR) is 89.5 cm³/mol. The van der Waals surface area contributed by atoms with Crippen molar-refractivity contribution >= 4 is 20.6 Å². The molecule has 3 nitrogen and oxygen atoms in total. The Morgan fingerprint density at radius 2 is 1.71 bits per heavy atom. The van der Waals surface area contributed by atoms with E-state index in [4.69, 9.17) is 0 Å². The number of benzene rings is 2. The molecular formula is C17H23NO2S. The fourth-order valence-electron chi connectivity index (χ4n) is 2.53. The van der Waals surface area contributed by atoms with E-state index in [1.54, 1.807) is 0 Å². The summed E-state index contributed by atoms with van der Waals surface area (Å²) in [6.07, 6.45) is 2.98. The molecule has 0 radical (unpaired) electrons. The minimum Gasteiger partial charge on any atom is -0.306 e. The second kappa shape index (κ2) is 7.05. The lowest BCUT2D eigenvalue weighted by Crippen LogP contribution is -2.24. The van der Waals surface area contributed by atoms with E-state index in [1.165, 1.54) is 22.6 Å². The van der Waals surface area contributed by atoms with Crippen LogP contribution in [0.4, 0.5) is 0 Å². The summed E-state index contributed by atoms with van der Waals surface area (Å²) in [5, 5.41) is 2.58. The lowest BCUT2D eigenvalue weighted by Gasteiger charge is -2.17. The molecule has 0 N–H and O–H groups in total. The molecule has 0 saturated heterocycles. The minimum absolute atomic E-state index is 0.269. The van der Waals surface area contributed by atoms with E-state index in [2.05, 4.69) is 47.4 Å². The monoisotopic (exact) mass is 305 g/mol. The van der Waals surface area contributed by atoms with Crippen LogP contribution in [0, 0.1) is 0 Å². The van der Waals surface area contributed by atoms with Crippen LogP contribution in [-0.4, -0.2) is 45.5 Å². The number of nitrogens with zero attached hydrogens (tertiary/aromatic N) is 1. The Labute approximate surface area is 127 Å². The fourth-order valence-corrected chi connectivity index (χ4v) is 3.18. The molecule has 0 heterocycles. The van der Waals surface area contributed by atoms with Gasteiger partial charge in [0.05, 0.1) is 5.75 Å². The van der Waals surface area contributed by atoms with E-state index >= 15 is 0 Å². The van der Waals surface area contributed by atoms with Gasteiger partial charge in [-0.3, -0.25) is 0 Å². The first-order valence-electron chi connectivity index (χ1n) is 7.28. The van der Waals surface area contributed by atoms with Crippen LogP contribution >= 0.6 is 0 Å².